The third-order valence-corrected chi connectivity index (χ3v) is 1.52. The van der Waals surface area contributed by atoms with Crippen molar-refractivity contribution in [2.45, 2.75) is 13.8 Å². The van der Waals surface area contributed by atoms with Crippen LogP contribution in [0.2, 0.25) is 0 Å². The quantitative estimate of drug-likeness (QED) is 0.473. The van der Waals surface area contributed by atoms with Crippen molar-refractivity contribution in [1.29, 1.82) is 0 Å². The van der Waals surface area contributed by atoms with E-state index in [1.165, 1.54) is 0 Å². The third-order valence-electron chi connectivity index (χ3n) is 1.52. The first-order valence-electron chi connectivity index (χ1n) is 3.55. The molecule has 0 unspecified atom stereocenters. The summed E-state index contributed by atoms with van der Waals surface area (Å²) in [4.78, 5) is 10.1. The molecule has 0 N–H and O–H groups in total. The minimum absolute atomic E-state index is 0.334. The van der Waals surface area contributed by atoms with Crippen LogP contribution >= 0.6 is 0 Å². The van der Waals surface area contributed by atoms with Gasteiger partial charge in [0.25, 0.3) is 0 Å². The zero-order valence-electron chi connectivity index (χ0n) is 6.96. The van der Waals surface area contributed by atoms with Crippen molar-refractivity contribution in [3.63, 3.8) is 0 Å². The van der Waals surface area contributed by atoms with Crippen LogP contribution in [-0.2, 0) is 5.11 Å². The minimum Gasteiger partial charge on any atom is -0.392 e. The molecule has 0 bridgehead atoms. The molecule has 63 valence electrons. The second-order valence-electron chi connectivity index (χ2n) is 2.62. The molecule has 0 aliphatic heterocycles. The van der Waals surface area contributed by atoms with Gasteiger partial charge in [0.2, 0.25) is 0 Å². The molecule has 0 amide bonds. The topological polar surface area (TPSA) is 46.2 Å². The number of carbonyl (C=O) groups is 1. The van der Waals surface area contributed by atoms with Crippen LogP contribution in [0.5, 0.6) is 5.75 Å². The molecule has 12 heavy (non-hydrogen) atoms. The van der Waals surface area contributed by atoms with Crippen LogP contribution in [0.25, 0.3) is 0 Å². The average molecular weight is 165 g/mol. The van der Waals surface area contributed by atoms with Crippen LogP contribution in [0.3, 0.4) is 0 Å². The fourth-order valence-corrected chi connectivity index (χ4v) is 1.00. The molecule has 0 heterocycles. The Morgan fingerprint density at radius 3 is 2.50 bits per heavy atom. The minimum atomic E-state index is -1.53. The maximum atomic E-state index is 10.1. The molecule has 0 fully saturated rings. The molecule has 1 rings (SSSR count). The van der Waals surface area contributed by atoms with E-state index in [0.717, 1.165) is 11.1 Å². The van der Waals surface area contributed by atoms with Gasteiger partial charge in [-0.15, -0.1) is 0 Å². The van der Waals surface area contributed by atoms with E-state index >= 15 is 0 Å². The van der Waals surface area contributed by atoms with Gasteiger partial charge in [-0.25, -0.2) is 0 Å². The summed E-state index contributed by atoms with van der Waals surface area (Å²) in [7, 11) is 0. The molecule has 3 nitrogen and oxygen atoms in total. The van der Waals surface area contributed by atoms with Crippen LogP contribution < -0.4 is 4.74 Å². The number of hydrogen-bond acceptors (Lipinski definition) is 2. The maximum Gasteiger partial charge on any atom is 0.555 e. The van der Waals surface area contributed by atoms with E-state index in [1.807, 2.05) is 13.0 Å². The van der Waals surface area contributed by atoms with E-state index in [2.05, 4.69) is 4.74 Å². The fraction of sp³-hybridized carbons (Fsp3) is 0.222. The molecule has 0 aliphatic rings. The highest BCUT2D eigenvalue weighted by molar-refractivity contribution is 5.61. The standard InChI is InChI=1S/C9H9O3/c1-6-3-4-8(7(2)5-6)12-9(10)11/h3-5H,1-2H3. The summed E-state index contributed by atoms with van der Waals surface area (Å²) in [5.41, 5.74) is 1.86. The van der Waals surface area contributed by atoms with E-state index in [-0.39, 0.29) is 0 Å². The first-order valence-corrected chi connectivity index (χ1v) is 3.55. The lowest BCUT2D eigenvalue weighted by atomic mass is 10.1. The largest absolute Gasteiger partial charge is 0.555 e. The first kappa shape index (κ1) is 8.59. The Morgan fingerprint density at radius 1 is 1.33 bits per heavy atom. The Labute approximate surface area is 70.6 Å². The van der Waals surface area contributed by atoms with E-state index in [1.54, 1.807) is 19.1 Å². The summed E-state index contributed by atoms with van der Waals surface area (Å²) in [5.74, 6) is 0.334. The Balaban J connectivity index is 2.93. The van der Waals surface area contributed by atoms with E-state index in [4.69, 9.17) is 0 Å². The molecular weight excluding hydrogens is 156 g/mol. The monoisotopic (exact) mass is 165 g/mol. The van der Waals surface area contributed by atoms with Crippen LogP contribution in [0, 0.1) is 13.8 Å². The van der Waals surface area contributed by atoms with Crippen molar-refractivity contribution in [2.24, 2.45) is 0 Å². The SMILES string of the molecule is Cc1ccc(OC([O])=O)c(C)c1. The van der Waals surface area contributed by atoms with E-state index in [0.29, 0.717) is 5.75 Å². The zero-order valence-corrected chi connectivity index (χ0v) is 6.96. The molecule has 0 aliphatic carbocycles. The molecule has 1 aromatic rings. The van der Waals surface area contributed by atoms with Crippen molar-refractivity contribution in [3.05, 3.63) is 29.3 Å². The average Bonchev–Trinajstić information content (AvgIpc) is 1.94. The number of aryl methyl sites for hydroxylation is 2. The summed E-state index contributed by atoms with van der Waals surface area (Å²) >= 11 is 0. The number of ether oxygens (including phenoxy) is 1. The Hall–Kier alpha value is -1.51. The van der Waals surface area contributed by atoms with Crippen molar-refractivity contribution >= 4 is 6.16 Å². The molecule has 1 radical (unpaired) electrons. The van der Waals surface area contributed by atoms with Crippen molar-refractivity contribution in [3.8, 4) is 5.75 Å². The van der Waals surface area contributed by atoms with Gasteiger partial charge in [-0.2, -0.15) is 9.90 Å². The highest BCUT2D eigenvalue weighted by Gasteiger charge is 2.05. The summed E-state index contributed by atoms with van der Waals surface area (Å²) in [5, 5.41) is 10.1. The van der Waals surface area contributed by atoms with E-state index in [9.17, 15) is 9.90 Å². The predicted molar refractivity (Wildman–Crippen MR) is 42.6 cm³/mol. The lowest BCUT2D eigenvalue weighted by Crippen LogP contribution is -2.02. The van der Waals surface area contributed by atoms with Crippen LogP contribution in [0.15, 0.2) is 18.2 Å². The number of hydrogen-bond donors (Lipinski definition) is 0. The smallest absolute Gasteiger partial charge is 0.392 e. The zero-order chi connectivity index (χ0) is 9.14. The van der Waals surface area contributed by atoms with Gasteiger partial charge in [0.15, 0.2) is 0 Å². The highest BCUT2D eigenvalue weighted by Crippen LogP contribution is 2.18. The van der Waals surface area contributed by atoms with Crippen LogP contribution in [0.4, 0.5) is 4.79 Å². The van der Waals surface area contributed by atoms with Gasteiger partial charge in [0, 0.05) is 0 Å². The number of carbonyl (C=O) groups excluding carboxylic acids is 1. The fourth-order valence-electron chi connectivity index (χ4n) is 1.00. The molecule has 0 spiro atoms. The molecule has 1 aromatic carbocycles. The summed E-state index contributed by atoms with van der Waals surface area (Å²) in [6.45, 7) is 3.71. The molecule has 0 aromatic heterocycles. The van der Waals surface area contributed by atoms with Gasteiger partial charge in [-0.3, -0.25) is 0 Å². The summed E-state index contributed by atoms with van der Waals surface area (Å²) in [6.07, 6.45) is -1.53. The van der Waals surface area contributed by atoms with Crippen LogP contribution in [-0.4, -0.2) is 6.16 Å². The molecule has 0 saturated heterocycles. The second kappa shape index (κ2) is 3.26. The van der Waals surface area contributed by atoms with Gasteiger partial charge in [-0.05, 0) is 25.5 Å². The molecular formula is C9H9O3. The van der Waals surface area contributed by atoms with Gasteiger partial charge < -0.3 is 4.74 Å². The van der Waals surface area contributed by atoms with Crippen molar-refractivity contribution in [2.75, 3.05) is 0 Å². The molecule has 3 heteroatoms. The summed E-state index contributed by atoms with van der Waals surface area (Å²) < 4.78 is 4.41. The Kier molecular flexibility index (Phi) is 2.33. The second-order valence-corrected chi connectivity index (χ2v) is 2.62. The van der Waals surface area contributed by atoms with Gasteiger partial charge in [0.1, 0.15) is 5.75 Å². The van der Waals surface area contributed by atoms with Crippen LogP contribution in [0.1, 0.15) is 11.1 Å². The molecule has 0 saturated carbocycles. The maximum absolute atomic E-state index is 10.1. The van der Waals surface area contributed by atoms with Gasteiger partial charge in [0.05, 0.1) is 0 Å². The normalized spacial score (nSPS) is 9.50. The lowest BCUT2D eigenvalue weighted by Gasteiger charge is -2.02. The Bertz CT molecular complexity index is 305. The summed E-state index contributed by atoms with van der Waals surface area (Å²) in [6, 6.07) is 5.24. The van der Waals surface area contributed by atoms with Crippen molar-refractivity contribution < 1.29 is 14.6 Å². The Morgan fingerprint density at radius 2 is 2.00 bits per heavy atom. The molecule has 0 atom stereocenters. The predicted octanol–water partition coefficient (Wildman–Crippen LogP) is 2.23. The van der Waals surface area contributed by atoms with Gasteiger partial charge >= 0.3 is 6.16 Å². The number of rotatable bonds is 1. The highest BCUT2D eigenvalue weighted by atomic mass is 16.7. The number of benzene rings is 1. The van der Waals surface area contributed by atoms with Crippen molar-refractivity contribution in [1.82, 2.24) is 0 Å². The lowest BCUT2D eigenvalue weighted by molar-refractivity contribution is 0.117. The third kappa shape index (κ3) is 1.99. The van der Waals surface area contributed by atoms with E-state index < -0.39 is 6.16 Å². The van der Waals surface area contributed by atoms with Gasteiger partial charge in [-0.1, -0.05) is 17.7 Å². The first-order chi connectivity index (χ1) is 5.59.